The molecule has 2 nitrogen and oxygen atoms in total. The fraction of sp³-hybridized carbons (Fsp3) is 0.150. The maximum atomic E-state index is 12.3. The Balaban J connectivity index is 1.69. The van der Waals surface area contributed by atoms with Crippen molar-refractivity contribution in [1.82, 2.24) is 0 Å². The summed E-state index contributed by atoms with van der Waals surface area (Å²) >= 11 is 1.58. The largest absolute Gasteiger partial charge is 0.325 e. The molecule has 1 N–H and O–H groups in total. The third kappa shape index (κ3) is 3.74. The molecule has 0 aliphatic rings. The van der Waals surface area contributed by atoms with E-state index in [0.29, 0.717) is 5.75 Å². The molecule has 3 rings (SSSR count). The summed E-state index contributed by atoms with van der Waals surface area (Å²) < 4.78 is 0. The Hall–Kier alpha value is -2.26. The van der Waals surface area contributed by atoms with E-state index in [9.17, 15) is 4.79 Å². The smallest absolute Gasteiger partial charge is 0.234 e. The van der Waals surface area contributed by atoms with Gasteiger partial charge in [0, 0.05) is 10.6 Å². The van der Waals surface area contributed by atoms with Crippen LogP contribution in [0.5, 0.6) is 0 Å². The molecule has 0 aliphatic heterocycles. The van der Waals surface area contributed by atoms with Crippen LogP contribution in [-0.2, 0) is 11.2 Å². The minimum atomic E-state index is 0.0313. The Labute approximate surface area is 140 Å². The van der Waals surface area contributed by atoms with Crippen LogP contribution in [0.2, 0.25) is 0 Å². The van der Waals surface area contributed by atoms with E-state index in [1.165, 1.54) is 10.8 Å². The quantitative estimate of drug-likeness (QED) is 0.660. The number of hydrogen-bond acceptors (Lipinski definition) is 2. The zero-order valence-electron chi connectivity index (χ0n) is 13.1. The Morgan fingerprint density at radius 2 is 1.70 bits per heavy atom. The maximum absolute atomic E-state index is 12.3. The van der Waals surface area contributed by atoms with Gasteiger partial charge in [0.2, 0.25) is 5.91 Å². The highest BCUT2D eigenvalue weighted by Gasteiger charge is 2.08. The van der Waals surface area contributed by atoms with E-state index in [4.69, 9.17) is 0 Å². The molecule has 0 aliphatic carbocycles. The van der Waals surface area contributed by atoms with Gasteiger partial charge in [0.1, 0.15) is 0 Å². The van der Waals surface area contributed by atoms with Crippen molar-refractivity contribution in [1.29, 1.82) is 0 Å². The van der Waals surface area contributed by atoms with E-state index >= 15 is 0 Å². The van der Waals surface area contributed by atoms with E-state index in [0.717, 1.165) is 22.6 Å². The number of carbonyl (C=O) groups is 1. The van der Waals surface area contributed by atoms with Gasteiger partial charge in [-0.25, -0.2) is 0 Å². The topological polar surface area (TPSA) is 29.1 Å². The number of rotatable bonds is 5. The first kappa shape index (κ1) is 15.6. The predicted octanol–water partition coefficient (Wildman–Crippen LogP) is 5.13. The predicted molar refractivity (Wildman–Crippen MR) is 99.1 cm³/mol. The number of amides is 1. The number of carbonyl (C=O) groups excluding carboxylic acids is 1. The molecule has 0 saturated carbocycles. The van der Waals surface area contributed by atoms with Gasteiger partial charge in [0.05, 0.1) is 5.75 Å². The zero-order chi connectivity index (χ0) is 16.1. The molecule has 116 valence electrons. The number of thioether (sulfide) groups is 1. The van der Waals surface area contributed by atoms with E-state index in [1.54, 1.807) is 11.8 Å². The zero-order valence-corrected chi connectivity index (χ0v) is 13.9. The molecular formula is C20H19NOS. The highest BCUT2D eigenvalue weighted by atomic mass is 32.2. The molecule has 0 heterocycles. The van der Waals surface area contributed by atoms with Crippen LogP contribution < -0.4 is 5.32 Å². The highest BCUT2D eigenvalue weighted by molar-refractivity contribution is 8.00. The molecule has 0 fully saturated rings. The molecule has 3 heteroatoms. The first-order valence-corrected chi connectivity index (χ1v) is 8.75. The Kier molecular flexibility index (Phi) is 4.99. The second-order valence-electron chi connectivity index (χ2n) is 5.32. The average Bonchev–Trinajstić information content (AvgIpc) is 2.60. The molecule has 0 saturated heterocycles. The van der Waals surface area contributed by atoms with Crippen LogP contribution in [-0.4, -0.2) is 11.7 Å². The average molecular weight is 321 g/mol. The number of nitrogens with one attached hydrogen (secondary N) is 1. The molecule has 1 amide bonds. The fourth-order valence-electron chi connectivity index (χ4n) is 2.60. The molecule has 0 bridgehead atoms. The van der Waals surface area contributed by atoms with Gasteiger partial charge < -0.3 is 5.32 Å². The fourth-order valence-corrected chi connectivity index (χ4v) is 3.48. The molecule has 0 atom stereocenters. The lowest BCUT2D eigenvalue weighted by atomic mass is 10.1. The molecule has 23 heavy (non-hydrogen) atoms. The summed E-state index contributed by atoms with van der Waals surface area (Å²) in [5, 5.41) is 5.42. The molecule has 0 radical (unpaired) electrons. The van der Waals surface area contributed by atoms with Crippen LogP contribution >= 0.6 is 11.8 Å². The molecule has 3 aromatic carbocycles. The monoisotopic (exact) mass is 321 g/mol. The first-order chi connectivity index (χ1) is 11.3. The molecule has 3 aromatic rings. The lowest BCUT2D eigenvalue weighted by molar-refractivity contribution is -0.113. The van der Waals surface area contributed by atoms with Gasteiger partial charge in [-0.3, -0.25) is 4.79 Å². The maximum Gasteiger partial charge on any atom is 0.234 e. The first-order valence-electron chi connectivity index (χ1n) is 7.76. The molecule has 0 aromatic heterocycles. The second kappa shape index (κ2) is 7.34. The Morgan fingerprint density at radius 3 is 2.57 bits per heavy atom. The van der Waals surface area contributed by atoms with Crippen LogP contribution in [0, 0.1) is 0 Å². The van der Waals surface area contributed by atoms with Crippen LogP contribution in [0.3, 0.4) is 0 Å². The van der Waals surface area contributed by atoms with Crippen LogP contribution in [0.25, 0.3) is 10.8 Å². The summed E-state index contributed by atoms with van der Waals surface area (Å²) in [4.78, 5) is 13.4. The van der Waals surface area contributed by atoms with E-state index < -0.39 is 0 Å². The summed E-state index contributed by atoms with van der Waals surface area (Å²) in [5.41, 5.74) is 2.08. The minimum Gasteiger partial charge on any atom is -0.325 e. The van der Waals surface area contributed by atoms with Gasteiger partial charge in [-0.15, -0.1) is 11.8 Å². The number of anilines is 1. The van der Waals surface area contributed by atoms with Gasteiger partial charge >= 0.3 is 0 Å². The highest BCUT2D eigenvalue weighted by Crippen LogP contribution is 2.28. The lowest BCUT2D eigenvalue weighted by Gasteiger charge is -2.10. The van der Waals surface area contributed by atoms with Crippen molar-refractivity contribution in [2.24, 2.45) is 0 Å². The minimum absolute atomic E-state index is 0.0313. The molecular weight excluding hydrogens is 302 g/mol. The third-order valence-corrected chi connectivity index (χ3v) is 4.85. The summed E-state index contributed by atoms with van der Waals surface area (Å²) in [6.07, 6.45) is 0.910. The normalized spacial score (nSPS) is 10.7. The number of aryl methyl sites for hydroxylation is 1. The van der Waals surface area contributed by atoms with Crippen molar-refractivity contribution in [3.05, 3.63) is 72.3 Å². The Bertz CT molecular complexity index is 823. The second-order valence-corrected chi connectivity index (χ2v) is 6.34. The third-order valence-electron chi connectivity index (χ3n) is 3.78. The van der Waals surface area contributed by atoms with Gasteiger partial charge in [-0.2, -0.15) is 0 Å². The summed E-state index contributed by atoms with van der Waals surface area (Å²) in [6, 6.07) is 22.4. The van der Waals surface area contributed by atoms with Crippen LogP contribution in [0.4, 0.5) is 5.69 Å². The summed E-state index contributed by atoms with van der Waals surface area (Å²) in [6.45, 7) is 2.09. The van der Waals surface area contributed by atoms with Gasteiger partial charge in [-0.1, -0.05) is 61.5 Å². The van der Waals surface area contributed by atoms with E-state index in [1.807, 2.05) is 42.5 Å². The SMILES string of the molecule is CCc1ccccc1NC(=O)CSc1cccc2ccccc12. The number of hydrogen-bond donors (Lipinski definition) is 1. The van der Waals surface area contributed by atoms with Crippen molar-refractivity contribution >= 4 is 34.1 Å². The molecule has 0 unspecified atom stereocenters. The van der Waals surface area contributed by atoms with Crippen molar-refractivity contribution in [2.45, 2.75) is 18.2 Å². The van der Waals surface area contributed by atoms with Gasteiger partial charge in [0.15, 0.2) is 0 Å². The number of fused-ring (bicyclic) bond motifs is 1. The van der Waals surface area contributed by atoms with Gasteiger partial charge in [-0.05, 0) is 34.9 Å². The van der Waals surface area contributed by atoms with E-state index in [2.05, 4.69) is 36.5 Å². The Morgan fingerprint density at radius 1 is 0.957 bits per heavy atom. The number of benzene rings is 3. The van der Waals surface area contributed by atoms with E-state index in [-0.39, 0.29) is 5.91 Å². The number of para-hydroxylation sites is 1. The summed E-state index contributed by atoms with van der Waals surface area (Å²) in [7, 11) is 0. The molecule has 0 spiro atoms. The van der Waals surface area contributed by atoms with Crippen molar-refractivity contribution in [3.8, 4) is 0 Å². The van der Waals surface area contributed by atoms with Crippen molar-refractivity contribution in [2.75, 3.05) is 11.1 Å². The van der Waals surface area contributed by atoms with Gasteiger partial charge in [0.25, 0.3) is 0 Å². The standard InChI is InChI=1S/C20H19NOS/c1-2-15-8-4-6-12-18(15)21-20(22)14-23-19-13-7-10-16-9-3-5-11-17(16)19/h3-13H,2,14H2,1H3,(H,21,22). The van der Waals surface area contributed by atoms with Crippen molar-refractivity contribution in [3.63, 3.8) is 0 Å². The van der Waals surface area contributed by atoms with Crippen molar-refractivity contribution < 1.29 is 4.79 Å². The van der Waals surface area contributed by atoms with Crippen LogP contribution in [0.15, 0.2) is 71.6 Å². The van der Waals surface area contributed by atoms with Crippen LogP contribution in [0.1, 0.15) is 12.5 Å². The lowest BCUT2D eigenvalue weighted by Crippen LogP contribution is -2.15. The summed E-state index contributed by atoms with van der Waals surface area (Å²) in [5.74, 6) is 0.440.